The predicted octanol–water partition coefficient (Wildman–Crippen LogP) is 1.97. The molecule has 1 aliphatic rings. The minimum Gasteiger partial charge on any atom is -0.324 e. The molecule has 0 unspecified atom stereocenters. The average Bonchev–Trinajstić information content (AvgIpc) is 2.83. The lowest BCUT2D eigenvalue weighted by atomic mass is 10.2. The van der Waals surface area contributed by atoms with Crippen molar-refractivity contribution in [3.05, 3.63) is 58.4 Å². The molecule has 0 N–H and O–H groups in total. The Labute approximate surface area is 143 Å². The second-order valence-corrected chi connectivity index (χ2v) is 5.98. The lowest BCUT2D eigenvalue weighted by molar-refractivity contribution is 0.169. The first-order chi connectivity index (χ1) is 12.1. The lowest BCUT2D eigenvalue weighted by Crippen LogP contribution is -2.47. The molecule has 0 aliphatic carbocycles. The molecule has 0 spiro atoms. The first-order valence-corrected chi connectivity index (χ1v) is 8.12. The summed E-state index contributed by atoms with van der Waals surface area (Å²) >= 11 is 0. The summed E-state index contributed by atoms with van der Waals surface area (Å²) in [6.45, 7) is 1.36. The molecule has 0 atom stereocenters. The summed E-state index contributed by atoms with van der Waals surface area (Å²) in [5.74, 6) is 0.487. The van der Waals surface area contributed by atoms with Crippen molar-refractivity contribution in [3.63, 3.8) is 0 Å². The molecule has 1 saturated heterocycles. The maximum absolute atomic E-state index is 12.5. The number of carbonyl (C=O) groups is 1. The molecule has 0 bridgehead atoms. The van der Waals surface area contributed by atoms with E-state index in [4.69, 9.17) is 0 Å². The molecule has 2 aromatic heterocycles. The van der Waals surface area contributed by atoms with Crippen molar-refractivity contribution in [1.82, 2.24) is 24.0 Å². The summed E-state index contributed by atoms with van der Waals surface area (Å²) < 4.78 is 2.54. The van der Waals surface area contributed by atoms with Crippen molar-refractivity contribution in [2.24, 2.45) is 7.05 Å². The maximum atomic E-state index is 12.5. The smallest absolute Gasteiger partial charge is 0.324 e. The second-order valence-electron chi connectivity index (χ2n) is 5.98. The third-order valence-electron chi connectivity index (χ3n) is 4.35. The standard InChI is InChI=1S/C18H17N5O2/c1-21-16-14(23(17(21)24)18(25)22-10-5-11-22)12-19-15(20-16)9-8-13-6-3-2-4-7-13/h2-4,6-9,12H,5,10-11H2,1H3. The number of amides is 1. The fraction of sp³-hybridized carbons (Fsp3) is 0.222. The summed E-state index contributed by atoms with van der Waals surface area (Å²) in [5.41, 5.74) is 1.51. The van der Waals surface area contributed by atoms with E-state index in [1.807, 2.05) is 36.4 Å². The molecular weight excluding hydrogens is 318 g/mol. The van der Waals surface area contributed by atoms with Crippen LogP contribution in [0.25, 0.3) is 23.3 Å². The van der Waals surface area contributed by atoms with Gasteiger partial charge in [0.2, 0.25) is 0 Å². The van der Waals surface area contributed by atoms with E-state index < -0.39 is 5.69 Å². The molecule has 1 amide bonds. The van der Waals surface area contributed by atoms with Gasteiger partial charge in [0, 0.05) is 20.1 Å². The Morgan fingerprint density at radius 1 is 1.16 bits per heavy atom. The molecular formula is C18H17N5O2. The van der Waals surface area contributed by atoms with Crippen LogP contribution in [0.3, 0.4) is 0 Å². The van der Waals surface area contributed by atoms with Gasteiger partial charge >= 0.3 is 11.7 Å². The SMILES string of the molecule is Cn1c(=O)n(C(=O)N2CCC2)c2cnc(C=Cc3ccccc3)nc21. The van der Waals surface area contributed by atoms with Gasteiger partial charge in [0.05, 0.1) is 6.20 Å². The van der Waals surface area contributed by atoms with E-state index in [9.17, 15) is 9.59 Å². The van der Waals surface area contributed by atoms with E-state index >= 15 is 0 Å². The molecule has 25 heavy (non-hydrogen) atoms. The van der Waals surface area contributed by atoms with Gasteiger partial charge in [0.25, 0.3) is 0 Å². The van der Waals surface area contributed by atoms with Crippen molar-refractivity contribution >= 4 is 29.3 Å². The highest BCUT2D eigenvalue weighted by Gasteiger charge is 2.26. The highest BCUT2D eigenvalue weighted by Crippen LogP contribution is 2.14. The highest BCUT2D eigenvalue weighted by atomic mass is 16.2. The van der Waals surface area contributed by atoms with E-state index in [-0.39, 0.29) is 6.03 Å². The Hall–Kier alpha value is -3.22. The van der Waals surface area contributed by atoms with Gasteiger partial charge in [0.1, 0.15) is 5.52 Å². The van der Waals surface area contributed by atoms with Crippen molar-refractivity contribution in [1.29, 1.82) is 0 Å². The fourth-order valence-electron chi connectivity index (χ4n) is 2.78. The van der Waals surface area contributed by atoms with Crippen LogP contribution in [0.2, 0.25) is 0 Å². The van der Waals surface area contributed by atoms with Gasteiger partial charge in [-0.2, -0.15) is 0 Å². The zero-order valence-corrected chi connectivity index (χ0v) is 13.8. The molecule has 1 aliphatic heterocycles. The monoisotopic (exact) mass is 335 g/mol. The molecule has 1 aromatic carbocycles. The molecule has 3 heterocycles. The van der Waals surface area contributed by atoms with Gasteiger partial charge < -0.3 is 4.90 Å². The van der Waals surface area contributed by atoms with Gasteiger partial charge in [-0.3, -0.25) is 4.57 Å². The number of imidazole rings is 1. The van der Waals surface area contributed by atoms with Crippen LogP contribution in [0.4, 0.5) is 4.79 Å². The predicted molar refractivity (Wildman–Crippen MR) is 95.1 cm³/mol. The van der Waals surface area contributed by atoms with E-state index in [1.165, 1.54) is 10.8 Å². The number of fused-ring (bicyclic) bond motifs is 1. The van der Waals surface area contributed by atoms with Gasteiger partial charge in [0.15, 0.2) is 11.5 Å². The minimum atomic E-state index is -0.398. The normalized spacial score (nSPS) is 14.2. The topological polar surface area (TPSA) is 73.0 Å². The molecule has 1 fully saturated rings. The van der Waals surface area contributed by atoms with Crippen LogP contribution < -0.4 is 5.69 Å². The Balaban J connectivity index is 1.74. The van der Waals surface area contributed by atoms with Crippen molar-refractivity contribution in [2.45, 2.75) is 6.42 Å². The van der Waals surface area contributed by atoms with E-state index in [0.29, 0.717) is 30.1 Å². The summed E-state index contributed by atoms with van der Waals surface area (Å²) in [7, 11) is 1.61. The van der Waals surface area contributed by atoms with E-state index in [0.717, 1.165) is 16.6 Å². The lowest BCUT2D eigenvalue weighted by Gasteiger charge is -2.30. The van der Waals surface area contributed by atoms with Crippen LogP contribution >= 0.6 is 0 Å². The van der Waals surface area contributed by atoms with Crippen molar-refractivity contribution in [3.8, 4) is 0 Å². The number of rotatable bonds is 2. The Bertz CT molecular complexity index is 1030. The van der Waals surface area contributed by atoms with Crippen LogP contribution in [-0.2, 0) is 7.05 Å². The molecule has 7 heteroatoms. The van der Waals surface area contributed by atoms with Crippen molar-refractivity contribution in [2.75, 3.05) is 13.1 Å². The van der Waals surface area contributed by atoms with Crippen LogP contribution in [-0.4, -0.2) is 43.1 Å². The number of nitrogens with zero attached hydrogens (tertiary/aromatic N) is 5. The molecule has 4 rings (SSSR count). The molecule has 7 nitrogen and oxygen atoms in total. The molecule has 0 radical (unpaired) electrons. The van der Waals surface area contributed by atoms with Gasteiger partial charge in [-0.1, -0.05) is 36.4 Å². The second kappa shape index (κ2) is 6.01. The van der Waals surface area contributed by atoms with Crippen LogP contribution in [0, 0.1) is 0 Å². The van der Waals surface area contributed by atoms with Gasteiger partial charge in [-0.15, -0.1) is 0 Å². The number of benzene rings is 1. The number of hydrogen-bond donors (Lipinski definition) is 0. The van der Waals surface area contributed by atoms with Crippen LogP contribution in [0.5, 0.6) is 0 Å². The maximum Gasteiger partial charge on any atom is 0.338 e. The third-order valence-corrected chi connectivity index (χ3v) is 4.35. The molecule has 126 valence electrons. The van der Waals surface area contributed by atoms with E-state index in [1.54, 1.807) is 18.0 Å². The Morgan fingerprint density at radius 3 is 2.60 bits per heavy atom. The van der Waals surface area contributed by atoms with Gasteiger partial charge in [-0.05, 0) is 18.1 Å². The summed E-state index contributed by atoms with van der Waals surface area (Å²) in [6, 6.07) is 9.51. The van der Waals surface area contributed by atoms with Crippen LogP contribution in [0.1, 0.15) is 17.8 Å². The molecule has 3 aromatic rings. The first kappa shape index (κ1) is 15.3. The van der Waals surface area contributed by atoms with E-state index in [2.05, 4.69) is 9.97 Å². The minimum absolute atomic E-state index is 0.307. The summed E-state index contributed by atoms with van der Waals surface area (Å²) in [4.78, 5) is 35.3. The third kappa shape index (κ3) is 2.63. The fourth-order valence-corrected chi connectivity index (χ4v) is 2.78. The average molecular weight is 335 g/mol. The number of likely N-dealkylation sites (tertiary alicyclic amines) is 1. The number of aromatic nitrogens is 4. The summed E-state index contributed by atoms with van der Waals surface area (Å²) in [5, 5.41) is 0. The Morgan fingerprint density at radius 2 is 1.92 bits per heavy atom. The zero-order chi connectivity index (χ0) is 17.4. The number of carbonyl (C=O) groups excluding carboxylic acids is 1. The summed E-state index contributed by atoms with van der Waals surface area (Å²) in [6.07, 6.45) is 6.19. The number of hydrogen-bond acceptors (Lipinski definition) is 4. The highest BCUT2D eigenvalue weighted by molar-refractivity contribution is 5.88. The largest absolute Gasteiger partial charge is 0.338 e. The van der Waals surface area contributed by atoms with Gasteiger partial charge in [-0.25, -0.2) is 24.1 Å². The first-order valence-electron chi connectivity index (χ1n) is 8.12. The Kier molecular flexibility index (Phi) is 3.68. The van der Waals surface area contributed by atoms with Crippen LogP contribution in [0.15, 0.2) is 41.3 Å². The quantitative estimate of drug-likeness (QED) is 0.718. The zero-order valence-electron chi connectivity index (χ0n) is 13.8. The van der Waals surface area contributed by atoms with Crippen molar-refractivity contribution < 1.29 is 4.79 Å². The number of aryl methyl sites for hydroxylation is 1. The molecule has 0 saturated carbocycles.